The number of piperidine rings is 1. The van der Waals surface area contributed by atoms with E-state index in [9.17, 15) is 4.79 Å². The Hall–Kier alpha value is -1.26. The molecule has 1 saturated heterocycles. The van der Waals surface area contributed by atoms with E-state index in [-0.39, 0.29) is 11.9 Å². The molecule has 1 aromatic rings. The fraction of sp³-hybridized carbons (Fsp3) is 0.533. The number of anilines is 1. The third-order valence-electron chi connectivity index (χ3n) is 3.66. The van der Waals surface area contributed by atoms with Gasteiger partial charge in [-0.3, -0.25) is 4.79 Å². The van der Waals surface area contributed by atoms with Crippen molar-refractivity contribution >= 4 is 23.2 Å². The van der Waals surface area contributed by atoms with Crippen LogP contribution in [-0.4, -0.2) is 32.1 Å². The molecule has 2 rings (SSSR count). The molecule has 1 aromatic carbocycles. The lowest BCUT2D eigenvalue weighted by atomic mass is 10.0. The molecular weight excluding hydrogens is 276 g/mol. The summed E-state index contributed by atoms with van der Waals surface area (Å²) in [5, 5.41) is 3.89. The highest BCUT2D eigenvalue weighted by molar-refractivity contribution is 6.32. The molecule has 0 saturated carbocycles. The molecule has 1 amide bonds. The van der Waals surface area contributed by atoms with Gasteiger partial charge in [-0.15, -0.1) is 0 Å². The van der Waals surface area contributed by atoms with Crippen molar-refractivity contribution in [3.05, 3.63) is 23.2 Å². The zero-order chi connectivity index (χ0) is 14.5. The Kier molecular flexibility index (Phi) is 5.26. The molecule has 1 aliphatic heterocycles. The Labute approximate surface area is 125 Å². The van der Waals surface area contributed by atoms with E-state index < -0.39 is 0 Å². The van der Waals surface area contributed by atoms with E-state index in [1.807, 2.05) is 24.0 Å². The Morgan fingerprint density at radius 2 is 2.15 bits per heavy atom. The summed E-state index contributed by atoms with van der Waals surface area (Å²) >= 11 is 6.06. The molecule has 0 aromatic heterocycles. The largest absolute Gasteiger partial charge is 0.495 e. The minimum absolute atomic E-state index is 0.140. The molecule has 0 unspecified atom stereocenters. The highest BCUT2D eigenvalue weighted by Gasteiger charge is 2.26. The fourth-order valence-electron chi connectivity index (χ4n) is 2.59. The first-order valence-electron chi connectivity index (χ1n) is 7.03. The quantitative estimate of drug-likeness (QED) is 0.929. The summed E-state index contributed by atoms with van der Waals surface area (Å²) in [6.45, 7) is 3.79. The van der Waals surface area contributed by atoms with E-state index in [1.165, 1.54) is 0 Å². The number of nitrogens with one attached hydrogen (secondary N) is 1. The third-order valence-corrected chi connectivity index (χ3v) is 3.97. The topological polar surface area (TPSA) is 41.6 Å². The van der Waals surface area contributed by atoms with Crippen molar-refractivity contribution in [2.45, 2.75) is 32.2 Å². The molecular formula is C15H21ClN2O2. The van der Waals surface area contributed by atoms with Gasteiger partial charge in [-0.05, 0) is 38.1 Å². The summed E-state index contributed by atoms with van der Waals surface area (Å²) in [5.74, 6) is 0.744. The number of hydrogen-bond donors (Lipinski definition) is 1. The van der Waals surface area contributed by atoms with Gasteiger partial charge in [-0.25, -0.2) is 0 Å². The smallest absolute Gasteiger partial charge is 0.226 e. The maximum absolute atomic E-state index is 12.3. The molecule has 0 bridgehead atoms. The Morgan fingerprint density at radius 3 is 2.75 bits per heavy atom. The number of rotatable bonds is 4. The van der Waals surface area contributed by atoms with Gasteiger partial charge in [0.05, 0.1) is 12.1 Å². The highest BCUT2D eigenvalue weighted by atomic mass is 35.5. The van der Waals surface area contributed by atoms with Crippen LogP contribution in [0.2, 0.25) is 5.02 Å². The van der Waals surface area contributed by atoms with Crippen molar-refractivity contribution in [1.82, 2.24) is 5.32 Å². The van der Waals surface area contributed by atoms with Gasteiger partial charge in [0.15, 0.2) is 0 Å². The molecule has 4 nitrogen and oxygen atoms in total. The average Bonchev–Trinajstić information content (AvgIpc) is 2.50. The van der Waals surface area contributed by atoms with Gasteiger partial charge in [-0.2, -0.15) is 0 Å². The number of benzene rings is 1. The number of halogens is 1. The Balaban J connectivity index is 2.32. The number of nitrogens with zero attached hydrogens (tertiary/aromatic N) is 1. The Morgan fingerprint density at radius 1 is 1.45 bits per heavy atom. The van der Waals surface area contributed by atoms with Gasteiger partial charge in [0.2, 0.25) is 5.91 Å². The first-order chi connectivity index (χ1) is 9.67. The van der Waals surface area contributed by atoms with Crippen LogP contribution >= 0.6 is 11.6 Å². The van der Waals surface area contributed by atoms with E-state index >= 15 is 0 Å². The van der Waals surface area contributed by atoms with Crippen LogP contribution in [0.4, 0.5) is 5.69 Å². The summed E-state index contributed by atoms with van der Waals surface area (Å²) in [6, 6.07) is 5.76. The minimum atomic E-state index is 0.140. The molecule has 5 heteroatoms. The zero-order valence-electron chi connectivity index (χ0n) is 12.0. The fourth-order valence-corrected chi connectivity index (χ4v) is 2.79. The predicted octanol–water partition coefficient (Wildman–Crippen LogP) is 2.84. The van der Waals surface area contributed by atoms with Crippen LogP contribution in [0.1, 0.15) is 26.2 Å². The molecule has 110 valence electrons. The summed E-state index contributed by atoms with van der Waals surface area (Å²) in [5.41, 5.74) is 0.866. The monoisotopic (exact) mass is 296 g/mol. The number of hydrogen-bond acceptors (Lipinski definition) is 3. The van der Waals surface area contributed by atoms with Crippen LogP contribution in [0.3, 0.4) is 0 Å². The van der Waals surface area contributed by atoms with Crippen molar-refractivity contribution in [3.63, 3.8) is 0 Å². The van der Waals surface area contributed by atoms with Gasteiger partial charge >= 0.3 is 0 Å². The van der Waals surface area contributed by atoms with Crippen LogP contribution in [0, 0.1) is 0 Å². The van der Waals surface area contributed by atoms with E-state index in [1.54, 1.807) is 13.2 Å². The first kappa shape index (κ1) is 15.1. The lowest BCUT2D eigenvalue weighted by molar-refractivity contribution is -0.118. The van der Waals surface area contributed by atoms with E-state index in [4.69, 9.17) is 16.3 Å². The molecule has 0 radical (unpaired) electrons. The number of amides is 1. The normalized spacial score (nSPS) is 15.9. The van der Waals surface area contributed by atoms with E-state index in [0.717, 1.165) is 31.6 Å². The second-order valence-corrected chi connectivity index (χ2v) is 5.32. The highest BCUT2D eigenvalue weighted by Crippen LogP contribution is 2.31. The van der Waals surface area contributed by atoms with Crippen LogP contribution in [0.15, 0.2) is 18.2 Å². The standard InChI is InChI=1S/C15H21ClN2O2/c1-3-15(19)18(11-6-8-17-9-7-11)12-4-5-13(16)14(10-12)20-2/h4-5,10-11,17H,3,6-9H2,1-2H3. The van der Waals surface area contributed by atoms with Gasteiger partial charge < -0.3 is 15.0 Å². The van der Waals surface area contributed by atoms with Crippen LogP contribution < -0.4 is 15.0 Å². The number of carbonyl (C=O) groups is 1. The number of methoxy groups -OCH3 is 1. The number of ether oxygens (including phenoxy) is 1. The lowest BCUT2D eigenvalue weighted by Crippen LogP contribution is -2.46. The number of carbonyl (C=O) groups excluding carboxylic acids is 1. The molecule has 0 aliphatic carbocycles. The van der Waals surface area contributed by atoms with E-state index in [2.05, 4.69) is 5.32 Å². The first-order valence-corrected chi connectivity index (χ1v) is 7.41. The van der Waals surface area contributed by atoms with Gasteiger partial charge in [0.25, 0.3) is 0 Å². The second kappa shape index (κ2) is 6.95. The molecule has 1 aliphatic rings. The van der Waals surface area contributed by atoms with Crippen LogP contribution in [-0.2, 0) is 4.79 Å². The summed E-state index contributed by atoms with van der Waals surface area (Å²) in [7, 11) is 1.58. The van der Waals surface area contributed by atoms with Crippen molar-refractivity contribution in [2.24, 2.45) is 0 Å². The maximum atomic E-state index is 12.3. The molecule has 0 atom stereocenters. The van der Waals surface area contributed by atoms with Gasteiger partial charge in [0.1, 0.15) is 5.75 Å². The van der Waals surface area contributed by atoms with Crippen molar-refractivity contribution in [2.75, 3.05) is 25.1 Å². The minimum Gasteiger partial charge on any atom is -0.495 e. The molecule has 20 heavy (non-hydrogen) atoms. The maximum Gasteiger partial charge on any atom is 0.226 e. The van der Waals surface area contributed by atoms with Crippen molar-refractivity contribution in [1.29, 1.82) is 0 Å². The summed E-state index contributed by atoms with van der Waals surface area (Å²) in [6.07, 6.45) is 2.43. The zero-order valence-corrected chi connectivity index (χ0v) is 12.7. The van der Waals surface area contributed by atoms with E-state index in [0.29, 0.717) is 17.2 Å². The average molecular weight is 297 g/mol. The molecule has 1 fully saturated rings. The molecule has 1 heterocycles. The van der Waals surface area contributed by atoms with Crippen LogP contribution in [0.25, 0.3) is 0 Å². The van der Waals surface area contributed by atoms with Gasteiger partial charge in [-0.1, -0.05) is 18.5 Å². The van der Waals surface area contributed by atoms with Crippen molar-refractivity contribution in [3.8, 4) is 5.75 Å². The van der Waals surface area contributed by atoms with Crippen LogP contribution in [0.5, 0.6) is 5.75 Å². The third kappa shape index (κ3) is 3.25. The summed E-state index contributed by atoms with van der Waals surface area (Å²) < 4.78 is 5.25. The molecule has 1 N–H and O–H groups in total. The lowest BCUT2D eigenvalue weighted by Gasteiger charge is -2.35. The van der Waals surface area contributed by atoms with Gasteiger partial charge in [0, 0.05) is 24.2 Å². The molecule has 0 spiro atoms. The van der Waals surface area contributed by atoms with Crippen molar-refractivity contribution < 1.29 is 9.53 Å². The summed E-state index contributed by atoms with van der Waals surface area (Å²) in [4.78, 5) is 14.2. The Bertz CT molecular complexity index is 473. The SMILES string of the molecule is CCC(=O)N(c1ccc(Cl)c(OC)c1)C1CCNCC1. The predicted molar refractivity (Wildman–Crippen MR) is 81.7 cm³/mol. The second-order valence-electron chi connectivity index (χ2n) is 4.92.